The summed E-state index contributed by atoms with van der Waals surface area (Å²) < 4.78 is 4.83. The van der Waals surface area contributed by atoms with Crippen LogP contribution in [0.4, 0.5) is 5.13 Å². The van der Waals surface area contributed by atoms with Gasteiger partial charge in [0.1, 0.15) is 10.6 Å². The minimum absolute atomic E-state index is 0.0244. The lowest BCUT2D eigenvalue weighted by Gasteiger charge is -2.23. The topological polar surface area (TPSA) is 96.8 Å². The number of methoxy groups -OCH3 is 1. The Kier molecular flexibility index (Phi) is 6.58. The number of Topliss-reactive ketones (excluding diaryl/α,β-unsaturated/α-hetero) is 1. The number of thiazole rings is 1. The van der Waals surface area contributed by atoms with Crippen LogP contribution in [0.15, 0.2) is 54.1 Å². The number of amides is 1. The number of nitrogens with zero attached hydrogens (tertiary/aromatic N) is 2. The summed E-state index contributed by atoms with van der Waals surface area (Å²) >= 11 is 0.976. The van der Waals surface area contributed by atoms with Gasteiger partial charge in [-0.05, 0) is 30.9 Å². The summed E-state index contributed by atoms with van der Waals surface area (Å²) in [4.78, 5) is 44.7. The lowest BCUT2D eigenvalue weighted by molar-refractivity contribution is -0.132. The van der Waals surface area contributed by atoms with Crippen LogP contribution in [0.25, 0.3) is 5.76 Å². The van der Waals surface area contributed by atoms with Crippen molar-refractivity contribution in [3.05, 3.63) is 86.9 Å². The first-order chi connectivity index (χ1) is 16.6. The summed E-state index contributed by atoms with van der Waals surface area (Å²) in [5.74, 6) is -2.16. The van der Waals surface area contributed by atoms with Crippen LogP contribution in [0.5, 0.6) is 0 Å². The SMILES string of the molecule is COC(=O)c1sc(N2C(=O)C(=O)C(=C(O)c3ccc(C)cc3)C2c2ccc(C(C)C)cc2)nc1C. The maximum atomic E-state index is 13.3. The molecule has 1 unspecified atom stereocenters. The monoisotopic (exact) mass is 490 g/mol. The van der Waals surface area contributed by atoms with Crippen molar-refractivity contribution in [1.29, 1.82) is 0 Å². The van der Waals surface area contributed by atoms with Gasteiger partial charge in [-0.15, -0.1) is 0 Å². The van der Waals surface area contributed by atoms with Crippen molar-refractivity contribution in [2.45, 2.75) is 39.7 Å². The zero-order chi connectivity index (χ0) is 25.4. The maximum absolute atomic E-state index is 13.3. The first kappa shape index (κ1) is 24.3. The molecule has 0 bridgehead atoms. The molecule has 1 N–H and O–H groups in total. The number of hydrogen-bond acceptors (Lipinski definition) is 7. The largest absolute Gasteiger partial charge is 0.507 e. The van der Waals surface area contributed by atoms with E-state index in [2.05, 4.69) is 18.8 Å². The Morgan fingerprint density at radius 1 is 1.06 bits per heavy atom. The van der Waals surface area contributed by atoms with Gasteiger partial charge in [0.25, 0.3) is 5.78 Å². The third-order valence-electron chi connectivity index (χ3n) is 6.05. The molecule has 8 heteroatoms. The Balaban J connectivity index is 1.92. The average Bonchev–Trinajstić information content (AvgIpc) is 3.35. The van der Waals surface area contributed by atoms with Crippen molar-refractivity contribution in [3.63, 3.8) is 0 Å². The molecule has 2 heterocycles. The number of esters is 1. The molecule has 1 aromatic heterocycles. The number of carbonyl (C=O) groups excluding carboxylic acids is 3. The van der Waals surface area contributed by atoms with E-state index in [1.165, 1.54) is 12.0 Å². The number of ketones is 1. The third-order valence-corrected chi connectivity index (χ3v) is 7.19. The predicted molar refractivity (Wildman–Crippen MR) is 135 cm³/mol. The van der Waals surface area contributed by atoms with Crippen molar-refractivity contribution >= 4 is 39.9 Å². The number of anilines is 1. The van der Waals surface area contributed by atoms with E-state index in [1.807, 2.05) is 43.3 Å². The molecule has 1 aliphatic rings. The Morgan fingerprint density at radius 3 is 2.26 bits per heavy atom. The minimum Gasteiger partial charge on any atom is -0.507 e. The molecule has 0 saturated carbocycles. The Labute approximate surface area is 207 Å². The van der Waals surface area contributed by atoms with Crippen LogP contribution in [0.1, 0.15) is 63.4 Å². The van der Waals surface area contributed by atoms with Crippen molar-refractivity contribution in [2.75, 3.05) is 12.0 Å². The summed E-state index contributed by atoms with van der Waals surface area (Å²) in [5, 5.41) is 11.4. The molecule has 180 valence electrons. The van der Waals surface area contributed by atoms with E-state index in [4.69, 9.17) is 4.74 Å². The second-order valence-corrected chi connectivity index (χ2v) is 9.74. The Bertz CT molecular complexity index is 1340. The van der Waals surface area contributed by atoms with Crippen LogP contribution in [-0.2, 0) is 14.3 Å². The number of ether oxygens (including phenoxy) is 1. The molecule has 3 aromatic rings. The van der Waals surface area contributed by atoms with Gasteiger partial charge >= 0.3 is 11.9 Å². The Hall–Kier alpha value is -3.78. The lowest BCUT2D eigenvalue weighted by Crippen LogP contribution is -2.29. The van der Waals surface area contributed by atoms with Crippen molar-refractivity contribution in [2.24, 2.45) is 0 Å². The van der Waals surface area contributed by atoms with Gasteiger partial charge in [0.15, 0.2) is 5.13 Å². The van der Waals surface area contributed by atoms with Crippen LogP contribution in [0, 0.1) is 13.8 Å². The average molecular weight is 491 g/mol. The highest BCUT2D eigenvalue weighted by molar-refractivity contribution is 7.17. The highest BCUT2D eigenvalue weighted by Gasteiger charge is 2.48. The smallest absolute Gasteiger partial charge is 0.350 e. The first-order valence-electron chi connectivity index (χ1n) is 11.2. The summed E-state index contributed by atoms with van der Waals surface area (Å²) in [6.07, 6.45) is 0. The maximum Gasteiger partial charge on any atom is 0.350 e. The van der Waals surface area contributed by atoms with Gasteiger partial charge in [0.2, 0.25) is 0 Å². The summed E-state index contributed by atoms with van der Waals surface area (Å²) in [5.41, 5.74) is 3.55. The number of aromatic nitrogens is 1. The molecule has 1 aliphatic heterocycles. The van der Waals surface area contributed by atoms with E-state index in [0.29, 0.717) is 22.7 Å². The first-order valence-corrected chi connectivity index (χ1v) is 12.0. The van der Waals surface area contributed by atoms with Crippen LogP contribution in [0.2, 0.25) is 0 Å². The van der Waals surface area contributed by atoms with Crippen molar-refractivity contribution < 1.29 is 24.2 Å². The zero-order valence-corrected chi connectivity index (χ0v) is 21.0. The molecule has 1 saturated heterocycles. The van der Waals surface area contributed by atoms with Gasteiger partial charge in [0, 0.05) is 5.56 Å². The zero-order valence-electron chi connectivity index (χ0n) is 20.2. The number of aliphatic hydroxyl groups is 1. The van der Waals surface area contributed by atoms with E-state index in [1.54, 1.807) is 19.1 Å². The van der Waals surface area contributed by atoms with Crippen molar-refractivity contribution in [1.82, 2.24) is 4.98 Å². The molecule has 0 aliphatic carbocycles. The molecule has 35 heavy (non-hydrogen) atoms. The molecule has 1 atom stereocenters. The molecule has 1 amide bonds. The summed E-state index contributed by atoms with van der Waals surface area (Å²) in [6.45, 7) is 7.71. The van der Waals surface area contributed by atoms with Crippen molar-refractivity contribution in [3.8, 4) is 0 Å². The quantitative estimate of drug-likeness (QED) is 0.226. The van der Waals surface area contributed by atoms with Gasteiger partial charge in [0.05, 0.1) is 24.4 Å². The fraction of sp³-hybridized carbons (Fsp3) is 0.259. The predicted octanol–water partition coefficient (Wildman–Crippen LogP) is 5.30. The number of rotatable bonds is 5. The standard InChI is InChI=1S/C27H26N2O5S/c1-14(2)17-10-12-18(13-11-17)21-20(22(30)19-8-6-15(3)7-9-19)23(31)25(32)29(21)27-28-16(4)24(35-27)26(33)34-5/h6-14,21,30H,1-5H3. The van der Waals surface area contributed by atoms with Crippen LogP contribution in [0.3, 0.4) is 0 Å². The van der Waals surface area contributed by atoms with E-state index in [-0.39, 0.29) is 21.3 Å². The number of aliphatic hydroxyl groups excluding tert-OH is 1. The highest BCUT2D eigenvalue weighted by Crippen LogP contribution is 2.44. The second kappa shape index (κ2) is 9.46. The normalized spacial score (nSPS) is 17.3. The number of benzene rings is 2. The van der Waals surface area contributed by atoms with Gasteiger partial charge in [-0.25, -0.2) is 9.78 Å². The summed E-state index contributed by atoms with van der Waals surface area (Å²) in [6, 6.07) is 13.7. The summed E-state index contributed by atoms with van der Waals surface area (Å²) in [7, 11) is 1.27. The molecule has 2 aromatic carbocycles. The molecule has 4 rings (SSSR count). The number of carbonyl (C=O) groups is 3. The van der Waals surface area contributed by atoms with E-state index < -0.39 is 23.7 Å². The molecule has 7 nitrogen and oxygen atoms in total. The van der Waals surface area contributed by atoms with E-state index >= 15 is 0 Å². The van der Waals surface area contributed by atoms with Crippen LogP contribution < -0.4 is 4.90 Å². The van der Waals surface area contributed by atoms with Gasteiger partial charge in [-0.2, -0.15) is 0 Å². The molecule has 0 spiro atoms. The molecule has 0 radical (unpaired) electrons. The van der Waals surface area contributed by atoms with Gasteiger partial charge in [-0.1, -0.05) is 79.3 Å². The van der Waals surface area contributed by atoms with Crippen LogP contribution in [-0.4, -0.2) is 34.9 Å². The number of aryl methyl sites for hydroxylation is 2. The molecular weight excluding hydrogens is 464 g/mol. The van der Waals surface area contributed by atoms with E-state index in [9.17, 15) is 19.5 Å². The Morgan fingerprint density at radius 2 is 1.69 bits per heavy atom. The third kappa shape index (κ3) is 4.37. The fourth-order valence-electron chi connectivity index (χ4n) is 4.04. The fourth-order valence-corrected chi connectivity index (χ4v) is 5.05. The minimum atomic E-state index is -0.909. The molecular formula is C27H26N2O5S. The van der Waals surface area contributed by atoms with Crippen LogP contribution >= 0.6 is 11.3 Å². The second-order valence-electron chi connectivity index (χ2n) is 8.76. The number of hydrogen-bond donors (Lipinski definition) is 1. The highest BCUT2D eigenvalue weighted by atomic mass is 32.1. The van der Waals surface area contributed by atoms with E-state index in [0.717, 1.165) is 22.5 Å². The van der Waals surface area contributed by atoms with Gasteiger partial charge in [-0.3, -0.25) is 14.5 Å². The molecule has 1 fully saturated rings. The van der Waals surface area contributed by atoms with Gasteiger partial charge < -0.3 is 9.84 Å². The lowest BCUT2D eigenvalue weighted by atomic mass is 9.93.